The molecule has 0 saturated heterocycles. The van der Waals surface area contributed by atoms with E-state index in [1.54, 1.807) is 0 Å². The van der Waals surface area contributed by atoms with Gasteiger partial charge in [-0.25, -0.2) is 0 Å². The molecule has 0 aliphatic heterocycles. The first kappa shape index (κ1) is 9.36. The topological polar surface area (TPSA) is 79.3 Å². The highest BCUT2D eigenvalue weighted by Crippen LogP contribution is 2.30. The van der Waals surface area contributed by atoms with Crippen molar-refractivity contribution in [2.24, 2.45) is 5.73 Å². The molecule has 0 bridgehead atoms. The molecule has 13 heavy (non-hydrogen) atoms. The second kappa shape index (κ2) is 3.78. The lowest BCUT2D eigenvalue weighted by molar-refractivity contribution is 0.370. The van der Waals surface area contributed by atoms with Crippen LogP contribution in [0, 0.1) is 11.3 Å². The zero-order valence-corrected chi connectivity index (χ0v) is 7.24. The molecule has 0 saturated carbocycles. The van der Waals surface area contributed by atoms with Crippen molar-refractivity contribution in [2.75, 3.05) is 7.11 Å². The van der Waals surface area contributed by atoms with E-state index < -0.39 is 0 Å². The Morgan fingerprint density at radius 3 is 2.77 bits per heavy atom. The van der Waals surface area contributed by atoms with E-state index in [1.807, 2.05) is 6.07 Å². The highest BCUT2D eigenvalue weighted by atomic mass is 16.5. The molecule has 3 N–H and O–H groups in total. The van der Waals surface area contributed by atoms with E-state index >= 15 is 0 Å². The van der Waals surface area contributed by atoms with Gasteiger partial charge in [-0.1, -0.05) is 0 Å². The van der Waals surface area contributed by atoms with Crippen molar-refractivity contribution in [2.45, 2.75) is 6.54 Å². The normalized spacial score (nSPS) is 9.31. The van der Waals surface area contributed by atoms with Gasteiger partial charge in [0, 0.05) is 18.2 Å². The van der Waals surface area contributed by atoms with Crippen LogP contribution in [0.4, 0.5) is 0 Å². The van der Waals surface area contributed by atoms with Crippen LogP contribution in [-0.2, 0) is 6.54 Å². The molecule has 0 amide bonds. The monoisotopic (exact) mass is 178 g/mol. The third-order valence-electron chi connectivity index (χ3n) is 1.72. The highest BCUT2D eigenvalue weighted by Gasteiger charge is 2.08. The molecule has 0 aliphatic rings. The number of methoxy groups -OCH3 is 1. The zero-order valence-electron chi connectivity index (χ0n) is 7.24. The second-order valence-electron chi connectivity index (χ2n) is 2.50. The van der Waals surface area contributed by atoms with Gasteiger partial charge >= 0.3 is 0 Å². The summed E-state index contributed by atoms with van der Waals surface area (Å²) in [5.41, 5.74) is 6.31. The average Bonchev–Trinajstić information content (AvgIpc) is 2.18. The van der Waals surface area contributed by atoms with Crippen LogP contribution in [0.1, 0.15) is 11.1 Å². The van der Waals surface area contributed by atoms with Gasteiger partial charge in [-0.3, -0.25) is 0 Å². The molecule has 0 aromatic heterocycles. The summed E-state index contributed by atoms with van der Waals surface area (Å²) in [6.45, 7) is 0.178. The van der Waals surface area contributed by atoms with E-state index in [2.05, 4.69) is 0 Å². The smallest absolute Gasteiger partial charge is 0.162 e. The Hall–Kier alpha value is -1.73. The van der Waals surface area contributed by atoms with Crippen molar-refractivity contribution in [1.82, 2.24) is 0 Å². The van der Waals surface area contributed by atoms with Gasteiger partial charge in [0.25, 0.3) is 0 Å². The number of nitrogens with two attached hydrogens (primary N) is 1. The number of rotatable bonds is 2. The fourth-order valence-electron chi connectivity index (χ4n) is 1.04. The minimum atomic E-state index is 0.00370. The SMILES string of the molecule is COc1cc(C#N)cc(CN)c1O. The predicted molar refractivity (Wildman–Crippen MR) is 47.3 cm³/mol. The van der Waals surface area contributed by atoms with Gasteiger partial charge in [-0.15, -0.1) is 0 Å². The van der Waals surface area contributed by atoms with Gasteiger partial charge < -0.3 is 15.6 Å². The summed E-state index contributed by atoms with van der Waals surface area (Å²) in [6, 6.07) is 4.96. The maximum atomic E-state index is 9.49. The third kappa shape index (κ3) is 1.71. The molecule has 0 spiro atoms. The number of nitriles is 1. The Labute approximate surface area is 76.2 Å². The number of hydrogen-bond acceptors (Lipinski definition) is 4. The molecule has 1 rings (SSSR count). The lowest BCUT2D eigenvalue weighted by Gasteiger charge is -2.07. The molecule has 0 radical (unpaired) electrons. The van der Waals surface area contributed by atoms with Crippen LogP contribution >= 0.6 is 0 Å². The van der Waals surface area contributed by atoms with Crippen LogP contribution in [0.25, 0.3) is 0 Å². The van der Waals surface area contributed by atoms with Crippen LogP contribution in [0.2, 0.25) is 0 Å². The van der Waals surface area contributed by atoms with Crippen LogP contribution in [0.5, 0.6) is 11.5 Å². The van der Waals surface area contributed by atoms with Gasteiger partial charge in [-0.2, -0.15) is 5.26 Å². The van der Waals surface area contributed by atoms with Crippen LogP contribution in [-0.4, -0.2) is 12.2 Å². The first-order chi connectivity index (χ1) is 6.22. The third-order valence-corrected chi connectivity index (χ3v) is 1.72. The van der Waals surface area contributed by atoms with Gasteiger partial charge in [0.1, 0.15) is 0 Å². The van der Waals surface area contributed by atoms with Crippen molar-refractivity contribution in [3.05, 3.63) is 23.3 Å². The van der Waals surface area contributed by atoms with E-state index in [9.17, 15) is 5.11 Å². The second-order valence-corrected chi connectivity index (χ2v) is 2.50. The standard InChI is InChI=1S/C9H10N2O2/c1-13-8-3-6(4-10)2-7(5-11)9(8)12/h2-3,12H,5,11H2,1H3. The zero-order chi connectivity index (χ0) is 9.84. The Morgan fingerprint density at radius 1 is 1.62 bits per heavy atom. The molecule has 0 aliphatic carbocycles. The van der Waals surface area contributed by atoms with E-state index in [0.29, 0.717) is 11.1 Å². The Morgan fingerprint density at radius 2 is 2.31 bits per heavy atom. The van der Waals surface area contributed by atoms with Crippen molar-refractivity contribution in [1.29, 1.82) is 5.26 Å². The number of phenols is 1. The summed E-state index contributed by atoms with van der Waals surface area (Å²) in [7, 11) is 1.43. The van der Waals surface area contributed by atoms with E-state index in [1.165, 1.54) is 19.2 Å². The Bertz CT molecular complexity index is 330. The van der Waals surface area contributed by atoms with Gasteiger partial charge in [0.15, 0.2) is 11.5 Å². The van der Waals surface area contributed by atoms with Crippen molar-refractivity contribution in [3.63, 3.8) is 0 Å². The molecule has 68 valence electrons. The van der Waals surface area contributed by atoms with Crippen LogP contribution in [0.3, 0.4) is 0 Å². The lowest BCUT2D eigenvalue weighted by Crippen LogP contribution is -1.98. The van der Waals surface area contributed by atoms with Crippen molar-refractivity contribution >= 4 is 0 Å². The van der Waals surface area contributed by atoms with E-state index in [0.717, 1.165) is 0 Å². The van der Waals surface area contributed by atoms with Crippen LogP contribution in [0.15, 0.2) is 12.1 Å². The number of nitrogens with zero attached hydrogens (tertiary/aromatic N) is 1. The molecule has 0 atom stereocenters. The molecule has 1 aromatic rings. The number of hydrogen-bond donors (Lipinski definition) is 2. The highest BCUT2D eigenvalue weighted by molar-refractivity contribution is 5.51. The van der Waals surface area contributed by atoms with Gasteiger partial charge in [0.05, 0.1) is 18.7 Å². The first-order valence-electron chi connectivity index (χ1n) is 3.73. The number of aromatic hydroxyl groups is 1. The summed E-state index contributed by atoms with van der Waals surface area (Å²) in [5, 5.41) is 18.1. The molecule has 4 heteroatoms. The number of phenolic OH excluding ortho intramolecular Hbond substituents is 1. The summed E-state index contributed by atoms with van der Waals surface area (Å²) < 4.78 is 4.87. The Kier molecular flexibility index (Phi) is 2.72. The lowest BCUT2D eigenvalue weighted by atomic mass is 10.1. The van der Waals surface area contributed by atoms with E-state index in [4.69, 9.17) is 15.7 Å². The van der Waals surface area contributed by atoms with Crippen molar-refractivity contribution < 1.29 is 9.84 Å². The molecular weight excluding hydrogens is 168 g/mol. The maximum Gasteiger partial charge on any atom is 0.162 e. The molecule has 1 aromatic carbocycles. The molecule has 0 unspecified atom stereocenters. The van der Waals surface area contributed by atoms with E-state index in [-0.39, 0.29) is 18.0 Å². The average molecular weight is 178 g/mol. The summed E-state index contributed by atoms with van der Waals surface area (Å²) >= 11 is 0. The summed E-state index contributed by atoms with van der Waals surface area (Å²) in [5.74, 6) is 0.281. The molecule has 4 nitrogen and oxygen atoms in total. The van der Waals surface area contributed by atoms with Crippen LogP contribution < -0.4 is 10.5 Å². The van der Waals surface area contributed by atoms with Gasteiger partial charge in [-0.05, 0) is 6.07 Å². The first-order valence-corrected chi connectivity index (χ1v) is 3.73. The fraction of sp³-hybridized carbons (Fsp3) is 0.222. The summed E-state index contributed by atoms with van der Waals surface area (Å²) in [6.07, 6.45) is 0. The predicted octanol–water partition coefficient (Wildman–Crippen LogP) is 0.731. The Balaban J connectivity index is 3.30. The maximum absolute atomic E-state index is 9.49. The van der Waals surface area contributed by atoms with Crippen molar-refractivity contribution in [3.8, 4) is 17.6 Å². The molecule has 0 heterocycles. The quantitative estimate of drug-likeness (QED) is 0.699. The van der Waals surface area contributed by atoms with Gasteiger partial charge in [0.2, 0.25) is 0 Å². The number of benzene rings is 1. The number of ether oxygens (including phenoxy) is 1. The molecular formula is C9H10N2O2. The summed E-state index contributed by atoms with van der Waals surface area (Å²) in [4.78, 5) is 0. The minimum absolute atomic E-state index is 0.00370. The molecule has 0 fully saturated rings. The fourth-order valence-corrected chi connectivity index (χ4v) is 1.04. The largest absolute Gasteiger partial charge is 0.504 e. The minimum Gasteiger partial charge on any atom is -0.504 e.